The van der Waals surface area contributed by atoms with Crippen molar-refractivity contribution in [3.63, 3.8) is 0 Å². The van der Waals surface area contributed by atoms with Crippen molar-refractivity contribution < 1.29 is 14.3 Å². The fourth-order valence-corrected chi connectivity index (χ4v) is 1.49. The van der Waals surface area contributed by atoms with Gasteiger partial charge in [-0.25, -0.2) is 4.98 Å². The maximum atomic E-state index is 11.1. The van der Waals surface area contributed by atoms with Crippen LogP contribution in [0, 0.1) is 11.3 Å². The lowest BCUT2D eigenvalue weighted by Crippen LogP contribution is -2.04. The lowest BCUT2D eigenvalue weighted by molar-refractivity contribution is -0.143. The number of hydrogen-bond donors (Lipinski definition) is 0. The van der Waals surface area contributed by atoms with Gasteiger partial charge in [0.05, 0.1) is 18.8 Å². The van der Waals surface area contributed by atoms with E-state index in [-0.39, 0.29) is 5.97 Å². The fraction of sp³-hybridized carbons (Fsp3) is 0.500. The molecule has 0 bridgehead atoms. The molecule has 19 heavy (non-hydrogen) atoms. The van der Waals surface area contributed by atoms with E-state index in [0.717, 1.165) is 19.3 Å². The quantitative estimate of drug-likeness (QED) is 0.531. The second kappa shape index (κ2) is 8.92. The van der Waals surface area contributed by atoms with E-state index in [0.29, 0.717) is 31.1 Å². The Morgan fingerprint density at radius 3 is 2.84 bits per heavy atom. The van der Waals surface area contributed by atoms with Crippen LogP contribution in [0.5, 0.6) is 5.88 Å². The summed E-state index contributed by atoms with van der Waals surface area (Å²) >= 11 is 0. The summed E-state index contributed by atoms with van der Waals surface area (Å²) in [6.45, 7) is 2.80. The number of nitriles is 1. The first kappa shape index (κ1) is 15.0. The van der Waals surface area contributed by atoms with Crippen molar-refractivity contribution in [2.75, 3.05) is 13.2 Å². The maximum absolute atomic E-state index is 11.1. The zero-order chi connectivity index (χ0) is 13.9. The number of esters is 1. The summed E-state index contributed by atoms with van der Waals surface area (Å²) in [5.41, 5.74) is 0.516. The molecule has 1 aromatic heterocycles. The molecule has 0 aliphatic carbocycles. The Hall–Kier alpha value is -2.09. The number of ether oxygens (including phenoxy) is 2. The number of carbonyl (C=O) groups is 1. The lowest BCUT2D eigenvalue weighted by Gasteiger charge is -2.05. The Morgan fingerprint density at radius 2 is 2.21 bits per heavy atom. The van der Waals surface area contributed by atoms with Gasteiger partial charge in [0.1, 0.15) is 6.07 Å². The number of carbonyl (C=O) groups excluding carboxylic acids is 1. The first-order valence-corrected chi connectivity index (χ1v) is 6.41. The van der Waals surface area contributed by atoms with Crippen LogP contribution in [0.15, 0.2) is 18.3 Å². The van der Waals surface area contributed by atoms with Crippen LogP contribution in [0.2, 0.25) is 0 Å². The first-order valence-electron chi connectivity index (χ1n) is 6.41. The zero-order valence-corrected chi connectivity index (χ0v) is 11.1. The van der Waals surface area contributed by atoms with Gasteiger partial charge < -0.3 is 9.47 Å². The minimum absolute atomic E-state index is 0.142. The summed E-state index contributed by atoms with van der Waals surface area (Å²) in [4.78, 5) is 15.1. The largest absolute Gasteiger partial charge is 0.478 e. The third kappa shape index (κ3) is 6.41. The molecule has 0 fully saturated rings. The van der Waals surface area contributed by atoms with Gasteiger partial charge in [-0.2, -0.15) is 5.26 Å². The van der Waals surface area contributed by atoms with Crippen LogP contribution in [0.25, 0.3) is 0 Å². The normalized spacial score (nSPS) is 9.68. The Balaban J connectivity index is 2.07. The molecular formula is C14H18N2O3. The smallest absolute Gasteiger partial charge is 0.305 e. The number of rotatable bonds is 8. The molecule has 0 unspecified atom stereocenters. The molecule has 5 heteroatoms. The molecule has 0 aromatic carbocycles. The summed E-state index contributed by atoms with van der Waals surface area (Å²) < 4.78 is 10.3. The first-order chi connectivity index (χ1) is 9.26. The predicted octanol–water partition coefficient (Wildman–Crippen LogP) is 2.46. The number of aromatic nitrogens is 1. The summed E-state index contributed by atoms with van der Waals surface area (Å²) in [5, 5.41) is 8.62. The Kier molecular flexibility index (Phi) is 7.03. The third-order valence-electron chi connectivity index (χ3n) is 2.45. The minimum Gasteiger partial charge on any atom is -0.478 e. The van der Waals surface area contributed by atoms with Crippen LogP contribution in [0.3, 0.4) is 0 Å². The average Bonchev–Trinajstić information content (AvgIpc) is 2.43. The van der Waals surface area contributed by atoms with E-state index >= 15 is 0 Å². The molecule has 0 aliphatic heterocycles. The van der Waals surface area contributed by atoms with Crippen molar-refractivity contribution in [1.29, 1.82) is 5.26 Å². The maximum Gasteiger partial charge on any atom is 0.305 e. The van der Waals surface area contributed by atoms with E-state index in [2.05, 4.69) is 4.98 Å². The summed E-state index contributed by atoms with van der Waals surface area (Å²) in [7, 11) is 0. The molecule has 1 rings (SSSR count). The SMILES string of the molecule is CCOC(=O)CCCCCOc1ccc(C#N)cn1. The van der Waals surface area contributed by atoms with Gasteiger partial charge in [-0.3, -0.25) is 4.79 Å². The molecule has 1 aromatic rings. The topological polar surface area (TPSA) is 72.2 Å². The van der Waals surface area contributed by atoms with E-state index in [9.17, 15) is 4.79 Å². The summed E-state index contributed by atoms with van der Waals surface area (Å²) in [6, 6.07) is 5.34. The van der Waals surface area contributed by atoms with Gasteiger partial charge in [0, 0.05) is 18.7 Å². The second-order valence-corrected chi connectivity index (χ2v) is 3.96. The number of unbranched alkanes of at least 4 members (excludes halogenated alkanes) is 2. The molecule has 102 valence electrons. The number of nitrogens with zero attached hydrogens (tertiary/aromatic N) is 2. The molecule has 0 radical (unpaired) electrons. The highest BCUT2D eigenvalue weighted by Crippen LogP contribution is 2.08. The van der Waals surface area contributed by atoms with E-state index in [1.54, 1.807) is 19.1 Å². The zero-order valence-electron chi connectivity index (χ0n) is 11.1. The highest BCUT2D eigenvalue weighted by Gasteiger charge is 2.01. The minimum atomic E-state index is -0.142. The van der Waals surface area contributed by atoms with Gasteiger partial charge in [-0.1, -0.05) is 0 Å². The monoisotopic (exact) mass is 262 g/mol. The number of hydrogen-bond acceptors (Lipinski definition) is 5. The Morgan fingerprint density at radius 1 is 1.37 bits per heavy atom. The van der Waals surface area contributed by atoms with Gasteiger partial charge in [0.15, 0.2) is 0 Å². The molecule has 0 N–H and O–H groups in total. The van der Waals surface area contributed by atoms with Gasteiger partial charge in [-0.05, 0) is 32.3 Å². The van der Waals surface area contributed by atoms with Crippen LogP contribution in [0.4, 0.5) is 0 Å². The van der Waals surface area contributed by atoms with Crippen LogP contribution < -0.4 is 4.74 Å². The van der Waals surface area contributed by atoms with Crippen molar-refractivity contribution in [2.45, 2.75) is 32.6 Å². The molecule has 0 atom stereocenters. The van der Waals surface area contributed by atoms with E-state index in [4.69, 9.17) is 14.7 Å². The molecule has 0 saturated heterocycles. The predicted molar refractivity (Wildman–Crippen MR) is 69.5 cm³/mol. The highest BCUT2D eigenvalue weighted by atomic mass is 16.5. The van der Waals surface area contributed by atoms with Crippen LogP contribution in [-0.2, 0) is 9.53 Å². The second-order valence-electron chi connectivity index (χ2n) is 3.96. The van der Waals surface area contributed by atoms with Crippen molar-refractivity contribution in [2.24, 2.45) is 0 Å². The summed E-state index contributed by atoms with van der Waals surface area (Å²) in [5.74, 6) is 0.376. The van der Waals surface area contributed by atoms with Crippen molar-refractivity contribution in [3.8, 4) is 11.9 Å². The van der Waals surface area contributed by atoms with Crippen molar-refractivity contribution in [1.82, 2.24) is 4.98 Å². The molecule has 0 saturated carbocycles. The van der Waals surface area contributed by atoms with E-state index in [1.807, 2.05) is 6.07 Å². The Bertz CT molecular complexity index is 423. The highest BCUT2D eigenvalue weighted by molar-refractivity contribution is 5.69. The van der Waals surface area contributed by atoms with Crippen LogP contribution >= 0.6 is 0 Å². The van der Waals surface area contributed by atoms with Gasteiger partial charge in [0.25, 0.3) is 0 Å². The molecule has 0 amide bonds. The van der Waals surface area contributed by atoms with Crippen LogP contribution in [-0.4, -0.2) is 24.2 Å². The van der Waals surface area contributed by atoms with E-state index < -0.39 is 0 Å². The molecule has 0 spiro atoms. The standard InChI is InChI=1S/C14H18N2O3/c1-2-18-14(17)6-4-3-5-9-19-13-8-7-12(10-15)11-16-13/h7-8,11H,2-6,9H2,1H3. The third-order valence-corrected chi connectivity index (χ3v) is 2.45. The van der Waals surface area contributed by atoms with Crippen LogP contribution in [0.1, 0.15) is 38.2 Å². The van der Waals surface area contributed by atoms with Crippen molar-refractivity contribution in [3.05, 3.63) is 23.9 Å². The molecular weight excluding hydrogens is 244 g/mol. The average molecular weight is 262 g/mol. The van der Waals surface area contributed by atoms with Gasteiger partial charge >= 0.3 is 5.97 Å². The van der Waals surface area contributed by atoms with Gasteiger partial charge in [0.2, 0.25) is 5.88 Å². The Labute approximate surface area is 113 Å². The van der Waals surface area contributed by atoms with Crippen molar-refractivity contribution >= 4 is 5.97 Å². The lowest BCUT2D eigenvalue weighted by atomic mass is 10.2. The fourth-order valence-electron chi connectivity index (χ4n) is 1.49. The van der Waals surface area contributed by atoms with E-state index in [1.165, 1.54) is 6.20 Å². The number of pyridine rings is 1. The molecule has 1 heterocycles. The molecule has 0 aliphatic rings. The molecule has 5 nitrogen and oxygen atoms in total. The summed E-state index contributed by atoms with van der Waals surface area (Å²) in [6.07, 6.45) is 4.53. The van der Waals surface area contributed by atoms with Gasteiger partial charge in [-0.15, -0.1) is 0 Å².